The van der Waals surface area contributed by atoms with Crippen LogP contribution in [0.2, 0.25) is 0 Å². The van der Waals surface area contributed by atoms with Gasteiger partial charge in [0.25, 0.3) is 5.56 Å². The molecule has 0 atom stereocenters. The molecule has 0 unspecified atom stereocenters. The van der Waals surface area contributed by atoms with Gasteiger partial charge in [0.05, 0.1) is 19.7 Å². The number of hydrogen-bond donors (Lipinski definition) is 0. The summed E-state index contributed by atoms with van der Waals surface area (Å²) in [4.78, 5) is 24.5. The van der Waals surface area contributed by atoms with Crippen LogP contribution in [-0.2, 0) is 11.3 Å². The minimum absolute atomic E-state index is 0.0614. The van der Waals surface area contributed by atoms with Crippen LogP contribution >= 0.6 is 0 Å². The molecule has 0 aliphatic carbocycles. The van der Waals surface area contributed by atoms with E-state index >= 15 is 0 Å². The van der Waals surface area contributed by atoms with Crippen LogP contribution in [0.3, 0.4) is 0 Å². The smallest absolute Gasteiger partial charge is 0.308 e. The largest absolute Gasteiger partial charge is 0.497 e. The number of nitrogens with zero attached hydrogens (tertiary/aromatic N) is 1. The van der Waals surface area contributed by atoms with Crippen molar-refractivity contribution >= 4 is 16.9 Å². The van der Waals surface area contributed by atoms with Crippen LogP contribution in [0.4, 0.5) is 0 Å². The summed E-state index contributed by atoms with van der Waals surface area (Å²) in [5, 5.41) is 0.708. The number of methoxy groups -OCH3 is 2. The Bertz CT molecular complexity index is 841. The molecule has 1 heterocycles. The third kappa shape index (κ3) is 5.02. The standard InChI is InChI=1S/C21H29NO5/c1-5-6-7-8-9-10-13-22-18-14-16(25-3)11-12-17(18)19(26-4)20(21(22)24)27-15(2)23/h11-12,14H,5-10,13H2,1-4H3. The lowest BCUT2D eigenvalue weighted by atomic mass is 10.1. The first kappa shape index (κ1) is 20.8. The molecule has 2 rings (SSSR count). The van der Waals surface area contributed by atoms with Crippen molar-refractivity contribution in [2.75, 3.05) is 14.2 Å². The highest BCUT2D eigenvalue weighted by Gasteiger charge is 2.20. The second kappa shape index (κ2) is 10.00. The molecular weight excluding hydrogens is 346 g/mol. The molecule has 0 N–H and O–H groups in total. The van der Waals surface area contributed by atoms with Crippen molar-refractivity contribution < 1.29 is 19.0 Å². The van der Waals surface area contributed by atoms with E-state index in [2.05, 4.69) is 6.92 Å². The Kier molecular flexibility index (Phi) is 7.70. The number of carbonyl (C=O) groups excluding carboxylic acids is 1. The van der Waals surface area contributed by atoms with Gasteiger partial charge in [0.15, 0.2) is 5.75 Å². The SMILES string of the molecule is CCCCCCCCn1c(=O)c(OC(C)=O)c(OC)c2ccc(OC)cc21. The third-order valence-corrected chi connectivity index (χ3v) is 4.57. The lowest BCUT2D eigenvalue weighted by Crippen LogP contribution is -2.24. The maximum Gasteiger partial charge on any atom is 0.308 e. The molecule has 0 fully saturated rings. The summed E-state index contributed by atoms with van der Waals surface area (Å²) < 4.78 is 17.6. The van der Waals surface area contributed by atoms with E-state index in [0.29, 0.717) is 23.2 Å². The lowest BCUT2D eigenvalue weighted by Gasteiger charge is -2.17. The summed E-state index contributed by atoms with van der Waals surface area (Å²) in [7, 11) is 3.05. The number of rotatable bonds is 10. The number of unbranched alkanes of at least 4 members (excludes halogenated alkanes) is 5. The Morgan fingerprint density at radius 3 is 2.33 bits per heavy atom. The summed E-state index contributed by atoms with van der Waals surface area (Å²) in [5.41, 5.74) is 0.344. The molecule has 0 amide bonds. The Hall–Kier alpha value is -2.50. The van der Waals surface area contributed by atoms with Crippen LogP contribution < -0.4 is 19.8 Å². The maximum atomic E-state index is 13.0. The molecule has 0 radical (unpaired) electrons. The van der Waals surface area contributed by atoms with Crippen molar-refractivity contribution in [3.05, 3.63) is 28.6 Å². The summed E-state index contributed by atoms with van der Waals surface area (Å²) >= 11 is 0. The Balaban J connectivity index is 2.46. The van der Waals surface area contributed by atoms with Gasteiger partial charge in [0.2, 0.25) is 5.75 Å². The van der Waals surface area contributed by atoms with Gasteiger partial charge in [-0.25, -0.2) is 0 Å². The number of carbonyl (C=O) groups is 1. The van der Waals surface area contributed by atoms with Crippen LogP contribution in [0.25, 0.3) is 10.9 Å². The van der Waals surface area contributed by atoms with Gasteiger partial charge in [-0.1, -0.05) is 39.0 Å². The maximum absolute atomic E-state index is 13.0. The fraction of sp³-hybridized carbons (Fsp3) is 0.524. The predicted molar refractivity (Wildman–Crippen MR) is 106 cm³/mol. The molecule has 27 heavy (non-hydrogen) atoms. The number of pyridine rings is 1. The van der Waals surface area contributed by atoms with Crippen molar-refractivity contribution in [3.63, 3.8) is 0 Å². The number of fused-ring (bicyclic) bond motifs is 1. The predicted octanol–water partition coefficient (Wildman–Crippen LogP) is 4.30. The van der Waals surface area contributed by atoms with Crippen LogP contribution in [0.5, 0.6) is 17.2 Å². The molecule has 1 aromatic carbocycles. The van der Waals surface area contributed by atoms with Gasteiger partial charge in [-0.15, -0.1) is 0 Å². The summed E-state index contributed by atoms with van der Waals surface area (Å²) in [6.45, 7) is 4.01. The van der Waals surface area contributed by atoms with Gasteiger partial charge in [-0.05, 0) is 18.6 Å². The zero-order valence-electron chi connectivity index (χ0n) is 16.7. The second-order valence-electron chi connectivity index (χ2n) is 6.56. The fourth-order valence-corrected chi connectivity index (χ4v) is 3.21. The molecule has 2 aromatic rings. The van der Waals surface area contributed by atoms with Crippen LogP contribution in [0.1, 0.15) is 52.4 Å². The van der Waals surface area contributed by atoms with Gasteiger partial charge >= 0.3 is 5.97 Å². The molecule has 0 saturated heterocycles. The van der Waals surface area contributed by atoms with E-state index in [1.165, 1.54) is 33.3 Å². The normalized spacial score (nSPS) is 10.8. The molecule has 6 heteroatoms. The van der Waals surface area contributed by atoms with E-state index in [-0.39, 0.29) is 17.1 Å². The Morgan fingerprint density at radius 1 is 1.00 bits per heavy atom. The molecule has 0 saturated carbocycles. The summed E-state index contributed by atoms with van der Waals surface area (Å²) in [6, 6.07) is 5.42. The quantitative estimate of drug-likeness (QED) is 0.457. The molecule has 0 aliphatic rings. The van der Waals surface area contributed by atoms with Crippen molar-refractivity contribution in [1.29, 1.82) is 0 Å². The van der Waals surface area contributed by atoms with Gasteiger partial charge in [0, 0.05) is 24.9 Å². The van der Waals surface area contributed by atoms with Crippen LogP contribution in [0.15, 0.2) is 23.0 Å². The first-order chi connectivity index (χ1) is 13.0. The second-order valence-corrected chi connectivity index (χ2v) is 6.56. The number of esters is 1. The molecule has 0 bridgehead atoms. The molecule has 6 nitrogen and oxygen atoms in total. The van der Waals surface area contributed by atoms with E-state index in [0.717, 1.165) is 19.3 Å². The van der Waals surface area contributed by atoms with Crippen molar-refractivity contribution in [1.82, 2.24) is 4.57 Å². The fourth-order valence-electron chi connectivity index (χ4n) is 3.21. The number of benzene rings is 1. The zero-order valence-corrected chi connectivity index (χ0v) is 16.7. The van der Waals surface area contributed by atoms with Crippen LogP contribution in [-0.4, -0.2) is 24.8 Å². The number of aryl methyl sites for hydroxylation is 1. The molecule has 0 aliphatic heterocycles. The topological polar surface area (TPSA) is 66.8 Å². The summed E-state index contributed by atoms with van der Waals surface area (Å²) in [6.07, 6.45) is 6.72. The lowest BCUT2D eigenvalue weighted by molar-refractivity contribution is -0.132. The first-order valence-corrected chi connectivity index (χ1v) is 9.50. The van der Waals surface area contributed by atoms with E-state index in [1.807, 2.05) is 12.1 Å². The average Bonchev–Trinajstić information content (AvgIpc) is 2.66. The Morgan fingerprint density at radius 2 is 1.70 bits per heavy atom. The van der Waals surface area contributed by atoms with Gasteiger partial charge in [-0.2, -0.15) is 0 Å². The zero-order chi connectivity index (χ0) is 19.8. The molecule has 0 spiro atoms. The minimum atomic E-state index is -0.552. The first-order valence-electron chi connectivity index (χ1n) is 9.50. The molecular formula is C21H29NO5. The minimum Gasteiger partial charge on any atom is -0.497 e. The van der Waals surface area contributed by atoms with Gasteiger partial charge < -0.3 is 18.8 Å². The van der Waals surface area contributed by atoms with Gasteiger partial charge in [0.1, 0.15) is 5.75 Å². The number of ether oxygens (including phenoxy) is 3. The average molecular weight is 375 g/mol. The molecule has 148 valence electrons. The Labute approximate surface area is 160 Å². The monoisotopic (exact) mass is 375 g/mol. The highest BCUT2D eigenvalue weighted by Crippen LogP contribution is 2.34. The van der Waals surface area contributed by atoms with Crippen molar-refractivity contribution in [2.45, 2.75) is 58.9 Å². The van der Waals surface area contributed by atoms with Crippen molar-refractivity contribution in [3.8, 4) is 17.2 Å². The van der Waals surface area contributed by atoms with E-state index in [4.69, 9.17) is 14.2 Å². The summed E-state index contributed by atoms with van der Waals surface area (Å²) in [5.74, 6) is 0.311. The van der Waals surface area contributed by atoms with Crippen LogP contribution in [0, 0.1) is 0 Å². The molecule has 1 aromatic heterocycles. The highest BCUT2D eigenvalue weighted by atomic mass is 16.6. The van der Waals surface area contributed by atoms with E-state index in [9.17, 15) is 9.59 Å². The van der Waals surface area contributed by atoms with Gasteiger partial charge in [-0.3, -0.25) is 9.59 Å². The number of hydrogen-bond acceptors (Lipinski definition) is 5. The van der Waals surface area contributed by atoms with E-state index < -0.39 is 5.97 Å². The highest BCUT2D eigenvalue weighted by molar-refractivity contribution is 5.90. The van der Waals surface area contributed by atoms with E-state index in [1.54, 1.807) is 17.7 Å². The van der Waals surface area contributed by atoms with Crippen molar-refractivity contribution in [2.24, 2.45) is 0 Å². The number of aromatic nitrogens is 1. The third-order valence-electron chi connectivity index (χ3n) is 4.57.